The number of phenolic OH excluding ortho intramolecular Hbond substituents is 1. The summed E-state index contributed by atoms with van der Waals surface area (Å²) >= 11 is 4.26. The normalized spacial score (nSPS) is 11.5. The molecule has 2 aromatic rings. The average Bonchev–Trinajstić information content (AvgIpc) is 2.33. The van der Waals surface area contributed by atoms with Gasteiger partial charge in [0.1, 0.15) is 5.75 Å². The molecule has 0 amide bonds. The van der Waals surface area contributed by atoms with Crippen LogP contribution in [0.5, 0.6) is 5.75 Å². The summed E-state index contributed by atoms with van der Waals surface area (Å²) in [6.07, 6.45) is 0. The molecule has 0 unspecified atom stereocenters. The second-order valence-electron chi connectivity index (χ2n) is 4.69. The largest absolute Gasteiger partial charge is 0.507 e. The van der Waals surface area contributed by atoms with Crippen molar-refractivity contribution in [2.45, 2.75) is 24.2 Å². The first-order chi connectivity index (χ1) is 8.01. The molecule has 0 saturated heterocycles. The molecular formula is C15H16OS. The van der Waals surface area contributed by atoms with E-state index in [-0.39, 0.29) is 11.2 Å². The average molecular weight is 244 g/mol. The molecule has 0 aromatic heterocycles. The molecule has 0 aliphatic rings. The maximum atomic E-state index is 9.50. The van der Waals surface area contributed by atoms with Gasteiger partial charge >= 0.3 is 0 Å². The summed E-state index contributed by atoms with van der Waals surface area (Å²) < 4.78 is 0. The maximum absolute atomic E-state index is 9.50. The third kappa shape index (κ3) is 2.32. The molecule has 2 heteroatoms. The molecule has 0 radical (unpaired) electrons. The molecule has 1 nitrogen and oxygen atoms in total. The van der Waals surface area contributed by atoms with Crippen LogP contribution >= 0.6 is 12.6 Å². The molecular weight excluding hydrogens is 228 g/mol. The summed E-state index contributed by atoms with van der Waals surface area (Å²) in [6.45, 7) is 4.34. The lowest BCUT2D eigenvalue weighted by atomic mass is 9.78. The SMILES string of the molecule is CC(C)(c1ccccc1)c1ccc(O)c(S)c1. The van der Waals surface area contributed by atoms with Crippen LogP contribution in [0.2, 0.25) is 0 Å². The number of thiol groups is 1. The zero-order valence-electron chi connectivity index (χ0n) is 10.0. The van der Waals surface area contributed by atoms with Crippen LogP contribution in [0.25, 0.3) is 0 Å². The molecule has 17 heavy (non-hydrogen) atoms. The fourth-order valence-corrected chi connectivity index (χ4v) is 2.15. The highest BCUT2D eigenvalue weighted by atomic mass is 32.1. The molecule has 0 fully saturated rings. The van der Waals surface area contributed by atoms with Crippen LogP contribution in [0.3, 0.4) is 0 Å². The minimum atomic E-state index is -0.0908. The molecule has 0 spiro atoms. The van der Waals surface area contributed by atoms with E-state index in [1.165, 1.54) is 5.56 Å². The van der Waals surface area contributed by atoms with Gasteiger partial charge in [-0.15, -0.1) is 12.6 Å². The third-order valence-electron chi connectivity index (χ3n) is 3.19. The van der Waals surface area contributed by atoms with Crippen molar-refractivity contribution < 1.29 is 5.11 Å². The van der Waals surface area contributed by atoms with Crippen molar-refractivity contribution >= 4 is 12.6 Å². The summed E-state index contributed by atoms with van der Waals surface area (Å²) in [4.78, 5) is 0.617. The van der Waals surface area contributed by atoms with Crippen LogP contribution in [-0.4, -0.2) is 5.11 Å². The summed E-state index contributed by atoms with van der Waals surface area (Å²) in [6, 6.07) is 15.9. The molecule has 2 rings (SSSR count). The number of hydrogen-bond acceptors (Lipinski definition) is 2. The molecule has 0 saturated carbocycles. The lowest BCUT2D eigenvalue weighted by Gasteiger charge is -2.26. The number of phenols is 1. The minimum absolute atomic E-state index is 0.0908. The van der Waals surface area contributed by atoms with Gasteiger partial charge in [0.15, 0.2) is 0 Å². The minimum Gasteiger partial charge on any atom is -0.507 e. The summed E-state index contributed by atoms with van der Waals surface area (Å²) in [5, 5.41) is 9.50. The maximum Gasteiger partial charge on any atom is 0.128 e. The molecule has 2 aromatic carbocycles. The second kappa shape index (κ2) is 4.46. The molecule has 0 atom stereocenters. The molecule has 0 aliphatic carbocycles. The van der Waals surface area contributed by atoms with Crippen molar-refractivity contribution in [3.05, 3.63) is 59.7 Å². The van der Waals surface area contributed by atoms with E-state index in [9.17, 15) is 5.11 Å². The van der Waals surface area contributed by atoms with Crippen molar-refractivity contribution in [3.8, 4) is 5.75 Å². The van der Waals surface area contributed by atoms with E-state index in [1.807, 2.05) is 30.3 Å². The molecule has 88 valence electrons. The van der Waals surface area contributed by atoms with E-state index >= 15 is 0 Å². The number of rotatable bonds is 2. The monoisotopic (exact) mass is 244 g/mol. The second-order valence-corrected chi connectivity index (χ2v) is 5.18. The van der Waals surface area contributed by atoms with Crippen LogP contribution < -0.4 is 0 Å². The highest BCUT2D eigenvalue weighted by Gasteiger charge is 2.23. The van der Waals surface area contributed by atoms with Gasteiger partial charge in [-0.25, -0.2) is 0 Å². The topological polar surface area (TPSA) is 20.2 Å². The van der Waals surface area contributed by atoms with E-state index in [2.05, 4.69) is 38.6 Å². The quantitative estimate of drug-likeness (QED) is 0.765. The van der Waals surface area contributed by atoms with E-state index in [0.717, 1.165) is 5.56 Å². The highest BCUT2D eigenvalue weighted by Crippen LogP contribution is 2.34. The third-order valence-corrected chi connectivity index (χ3v) is 3.55. The van der Waals surface area contributed by atoms with Crippen LogP contribution in [0.1, 0.15) is 25.0 Å². The van der Waals surface area contributed by atoms with Crippen LogP contribution in [0, 0.1) is 0 Å². The van der Waals surface area contributed by atoms with Crippen molar-refractivity contribution in [1.29, 1.82) is 0 Å². The number of benzene rings is 2. The molecule has 0 heterocycles. The van der Waals surface area contributed by atoms with Gasteiger partial charge in [-0.1, -0.05) is 50.2 Å². The summed E-state index contributed by atoms with van der Waals surface area (Å²) in [5.74, 6) is 0.223. The lowest BCUT2D eigenvalue weighted by molar-refractivity contribution is 0.461. The predicted octanol–water partition coefficient (Wildman–Crippen LogP) is 4.01. The van der Waals surface area contributed by atoms with Gasteiger partial charge in [-0.3, -0.25) is 0 Å². The van der Waals surface area contributed by atoms with E-state index in [4.69, 9.17) is 0 Å². The Kier molecular flexibility index (Phi) is 3.16. The number of hydrogen-bond donors (Lipinski definition) is 2. The first-order valence-electron chi connectivity index (χ1n) is 5.60. The van der Waals surface area contributed by atoms with Crippen molar-refractivity contribution in [2.24, 2.45) is 0 Å². The van der Waals surface area contributed by atoms with Gasteiger partial charge in [-0.2, -0.15) is 0 Å². The first-order valence-corrected chi connectivity index (χ1v) is 6.04. The van der Waals surface area contributed by atoms with Crippen molar-refractivity contribution in [2.75, 3.05) is 0 Å². The van der Waals surface area contributed by atoms with Gasteiger partial charge in [0, 0.05) is 10.3 Å². The van der Waals surface area contributed by atoms with Gasteiger partial charge in [0.2, 0.25) is 0 Å². The Morgan fingerprint density at radius 2 is 1.59 bits per heavy atom. The van der Waals surface area contributed by atoms with Gasteiger partial charge in [-0.05, 0) is 23.3 Å². The zero-order valence-corrected chi connectivity index (χ0v) is 10.9. The van der Waals surface area contributed by atoms with Crippen molar-refractivity contribution in [3.63, 3.8) is 0 Å². The standard InChI is InChI=1S/C15H16OS/c1-15(2,11-6-4-3-5-7-11)12-8-9-13(16)14(17)10-12/h3-10,16-17H,1-2H3. The number of aromatic hydroxyl groups is 1. The van der Waals surface area contributed by atoms with Gasteiger partial charge in [0.25, 0.3) is 0 Å². The Hall–Kier alpha value is -1.41. The molecule has 1 N–H and O–H groups in total. The fourth-order valence-electron chi connectivity index (χ4n) is 1.93. The predicted molar refractivity (Wildman–Crippen MR) is 73.9 cm³/mol. The Balaban J connectivity index is 2.48. The fraction of sp³-hybridized carbons (Fsp3) is 0.200. The highest BCUT2D eigenvalue weighted by molar-refractivity contribution is 7.80. The molecule has 0 bridgehead atoms. The Labute approximate surface area is 108 Å². The van der Waals surface area contributed by atoms with Crippen LogP contribution in [0.15, 0.2) is 53.4 Å². The van der Waals surface area contributed by atoms with Crippen LogP contribution in [0.4, 0.5) is 0 Å². The summed E-state index contributed by atoms with van der Waals surface area (Å²) in [5.41, 5.74) is 2.30. The summed E-state index contributed by atoms with van der Waals surface area (Å²) in [7, 11) is 0. The Bertz CT molecular complexity index is 518. The molecule has 0 aliphatic heterocycles. The Morgan fingerprint density at radius 3 is 2.18 bits per heavy atom. The zero-order chi connectivity index (χ0) is 12.5. The first kappa shape index (κ1) is 12.1. The van der Waals surface area contributed by atoms with Gasteiger partial charge < -0.3 is 5.11 Å². The van der Waals surface area contributed by atoms with Crippen LogP contribution in [-0.2, 0) is 5.41 Å². The smallest absolute Gasteiger partial charge is 0.128 e. The van der Waals surface area contributed by atoms with E-state index in [1.54, 1.807) is 6.07 Å². The van der Waals surface area contributed by atoms with E-state index in [0.29, 0.717) is 4.90 Å². The van der Waals surface area contributed by atoms with E-state index < -0.39 is 0 Å². The Morgan fingerprint density at radius 1 is 0.941 bits per heavy atom. The van der Waals surface area contributed by atoms with Gasteiger partial charge in [0.05, 0.1) is 0 Å². The van der Waals surface area contributed by atoms with Crippen molar-refractivity contribution in [1.82, 2.24) is 0 Å². The lowest BCUT2D eigenvalue weighted by Crippen LogP contribution is -2.18.